The lowest BCUT2D eigenvalue weighted by Gasteiger charge is -2.17. The predicted octanol–water partition coefficient (Wildman–Crippen LogP) is 3.56. The Morgan fingerprint density at radius 1 is 1.16 bits per heavy atom. The van der Waals surface area contributed by atoms with Crippen molar-refractivity contribution in [3.05, 3.63) is 11.4 Å². The molecule has 0 aliphatic carbocycles. The zero-order valence-corrected chi connectivity index (χ0v) is 13.0. The summed E-state index contributed by atoms with van der Waals surface area (Å²) in [6.45, 7) is 10.7. The zero-order chi connectivity index (χ0) is 14.4. The van der Waals surface area contributed by atoms with E-state index in [0.717, 1.165) is 36.0 Å². The molecule has 0 aromatic carbocycles. The lowest BCUT2D eigenvalue weighted by molar-refractivity contribution is 0.520. The molecule has 0 radical (unpaired) electrons. The molecule has 0 aliphatic rings. The minimum absolute atomic E-state index is 0.413. The number of hydrogen-bond acceptors (Lipinski definition) is 4. The topological polar surface area (TPSA) is 63.8 Å². The van der Waals surface area contributed by atoms with Gasteiger partial charge in [-0.2, -0.15) is 0 Å². The fourth-order valence-electron chi connectivity index (χ4n) is 2.02. The number of anilines is 2. The highest BCUT2D eigenvalue weighted by atomic mass is 15.1. The number of nitrogen functional groups attached to an aromatic ring is 1. The molecule has 1 unspecified atom stereocenters. The van der Waals surface area contributed by atoms with Crippen molar-refractivity contribution in [1.82, 2.24) is 9.97 Å². The van der Waals surface area contributed by atoms with Crippen LogP contribution < -0.4 is 11.1 Å². The smallest absolute Gasteiger partial charge is 0.134 e. The Hall–Kier alpha value is -1.32. The van der Waals surface area contributed by atoms with E-state index in [1.807, 2.05) is 13.8 Å². The Morgan fingerprint density at radius 3 is 2.42 bits per heavy atom. The first-order chi connectivity index (χ1) is 8.93. The monoisotopic (exact) mass is 264 g/mol. The summed E-state index contributed by atoms with van der Waals surface area (Å²) in [5.41, 5.74) is 6.87. The highest BCUT2D eigenvalue weighted by Crippen LogP contribution is 2.19. The third-order valence-electron chi connectivity index (χ3n) is 3.35. The highest BCUT2D eigenvalue weighted by Gasteiger charge is 2.10. The Balaban J connectivity index is 2.63. The van der Waals surface area contributed by atoms with Crippen LogP contribution >= 0.6 is 0 Å². The second-order valence-corrected chi connectivity index (χ2v) is 5.72. The first kappa shape index (κ1) is 15.7. The van der Waals surface area contributed by atoms with Crippen molar-refractivity contribution in [1.29, 1.82) is 0 Å². The minimum Gasteiger partial charge on any atom is -0.383 e. The third kappa shape index (κ3) is 5.05. The molecule has 0 saturated heterocycles. The second-order valence-electron chi connectivity index (χ2n) is 5.72. The maximum atomic E-state index is 5.92. The van der Waals surface area contributed by atoms with Crippen LogP contribution in [-0.4, -0.2) is 16.0 Å². The maximum Gasteiger partial charge on any atom is 0.134 e. The number of rotatable bonds is 7. The quantitative estimate of drug-likeness (QED) is 0.790. The van der Waals surface area contributed by atoms with Crippen molar-refractivity contribution >= 4 is 11.6 Å². The van der Waals surface area contributed by atoms with E-state index in [4.69, 9.17) is 5.73 Å². The Kier molecular flexibility index (Phi) is 6.06. The van der Waals surface area contributed by atoms with Crippen LogP contribution in [0.2, 0.25) is 0 Å². The summed E-state index contributed by atoms with van der Waals surface area (Å²) in [6.07, 6.45) is 4.48. The molecule has 1 aromatic rings. The van der Waals surface area contributed by atoms with Crippen LogP contribution in [0.5, 0.6) is 0 Å². The first-order valence-corrected chi connectivity index (χ1v) is 7.33. The van der Waals surface area contributed by atoms with Gasteiger partial charge < -0.3 is 11.1 Å². The SMILES string of the molecule is CCc1nc(N)c(C)c(NC(C)CCCC(C)C)n1. The number of nitrogens with one attached hydrogen (secondary N) is 1. The summed E-state index contributed by atoms with van der Waals surface area (Å²) in [7, 11) is 0. The van der Waals surface area contributed by atoms with E-state index in [0.29, 0.717) is 11.9 Å². The Morgan fingerprint density at radius 2 is 1.84 bits per heavy atom. The molecule has 0 fully saturated rings. The van der Waals surface area contributed by atoms with Gasteiger partial charge in [-0.25, -0.2) is 9.97 Å². The Bertz CT molecular complexity index is 401. The number of nitrogens with zero attached hydrogens (tertiary/aromatic N) is 2. The lowest BCUT2D eigenvalue weighted by Crippen LogP contribution is -2.18. The minimum atomic E-state index is 0.413. The highest BCUT2D eigenvalue weighted by molar-refractivity contribution is 5.55. The molecule has 3 N–H and O–H groups in total. The molecule has 19 heavy (non-hydrogen) atoms. The average molecular weight is 264 g/mol. The van der Waals surface area contributed by atoms with Crippen LogP contribution in [0.3, 0.4) is 0 Å². The van der Waals surface area contributed by atoms with Crippen LogP contribution in [0.15, 0.2) is 0 Å². The maximum absolute atomic E-state index is 5.92. The molecule has 1 aromatic heterocycles. The fraction of sp³-hybridized carbons (Fsp3) is 0.733. The van der Waals surface area contributed by atoms with Crippen molar-refractivity contribution in [2.24, 2.45) is 5.92 Å². The van der Waals surface area contributed by atoms with Gasteiger partial charge in [0.1, 0.15) is 17.5 Å². The molecule has 108 valence electrons. The van der Waals surface area contributed by atoms with E-state index in [9.17, 15) is 0 Å². The van der Waals surface area contributed by atoms with Crippen molar-refractivity contribution in [3.63, 3.8) is 0 Å². The third-order valence-corrected chi connectivity index (χ3v) is 3.35. The van der Waals surface area contributed by atoms with Crippen LogP contribution in [0.1, 0.15) is 58.3 Å². The van der Waals surface area contributed by atoms with Gasteiger partial charge in [0.2, 0.25) is 0 Å². The molecule has 0 bridgehead atoms. The number of nitrogens with two attached hydrogens (primary N) is 1. The molecule has 1 heterocycles. The summed E-state index contributed by atoms with van der Waals surface area (Å²) in [5.74, 6) is 3.06. The zero-order valence-electron chi connectivity index (χ0n) is 13.0. The van der Waals surface area contributed by atoms with Crippen LogP contribution in [-0.2, 0) is 6.42 Å². The molecule has 4 nitrogen and oxygen atoms in total. The van der Waals surface area contributed by atoms with Gasteiger partial charge in [0, 0.05) is 18.0 Å². The molecule has 0 spiro atoms. The standard InChI is InChI=1S/C15H28N4/c1-6-13-18-14(16)12(5)15(19-13)17-11(4)9-7-8-10(2)3/h10-11H,6-9H2,1-5H3,(H3,16,17,18,19). The summed E-state index contributed by atoms with van der Waals surface area (Å²) < 4.78 is 0. The van der Waals surface area contributed by atoms with Gasteiger partial charge in [0.25, 0.3) is 0 Å². The van der Waals surface area contributed by atoms with Crippen LogP contribution in [0.4, 0.5) is 11.6 Å². The van der Waals surface area contributed by atoms with Gasteiger partial charge in [-0.15, -0.1) is 0 Å². The summed E-state index contributed by atoms with van der Waals surface area (Å²) in [6, 6.07) is 0.413. The molecule has 0 aliphatic heterocycles. The largest absolute Gasteiger partial charge is 0.383 e. The summed E-state index contributed by atoms with van der Waals surface area (Å²) in [4.78, 5) is 8.80. The Labute approximate surface area is 117 Å². The van der Waals surface area contributed by atoms with Crippen molar-refractivity contribution in [2.45, 2.75) is 66.3 Å². The molecular weight excluding hydrogens is 236 g/mol. The van der Waals surface area contributed by atoms with E-state index in [2.05, 4.69) is 36.1 Å². The molecule has 1 rings (SSSR count). The fourth-order valence-corrected chi connectivity index (χ4v) is 2.02. The normalized spacial score (nSPS) is 12.7. The molecule has 1 atom stereocenters. The predicted molar refractivity (Wildman–Crippen MR) is 82.3 cm³/mol. The number of aromatic nitrogens is 2. The molecule has 4 heteroatoms. The lowest BCUT2D eigenvalue weighted by atomic mass is 10.0. The van der Waals surface area contributed by atoms with Crippen LogP contribution in [0, 0.1) is 12.8 Å². The second kappa shape index (κ2) is 7.31. The number of aryl methyl sites for hydroxylation is 1. The van der Waals surface area contributed by atoms with Crippen LogP contribution in [0.25, 0.3) is 0 Å². The molecule has 0 amide bonds. The van der Waals surface area contributed by atoms with E-state index in [1.54, 1.807) is 0 Å². The van der Waals surface area contributed by atoms with E-state index < -0.39 is 0 Å². The summed E-state index contributed by atoms with van der Waals surface area (Å²) in [5, 5.41) is 3.47. The van der Waals surface area contributed by atoms with Gasteiger partial charge in [0.05, 0.1) is 0 Å². The van der Waals surface area contributed by atoms with Gasteiger partial charge in [0.15, 0.2) is 0 Å². The first-order valence-electron chi connectivity index (χ1n) is 7.33. The van der Waals surface area contributed by atoms with Gasteiger partial charge in [-0.05, 0) is 26.2 Å². The van der Waals surface area contributed by atoms with E-state index in [-0.39, 0.29) is 0 Å². The number of hydrogen-bond donors (Lipinski definition) is 2. The molecular formula is C15H28N4. The van der Waals surface area contributed by atoms with Crippen molar-refractivity contribution in [2.75, 3.05) is 11.1 Å². The van der Waals surface area contributed by atoms with Crippen molar-refractivity contribution in [3.8, 4) is 0 Å². The average Bonchev–Trinajstić information content (AvgIpc) is 2.34. The van der Waals surface area contributed by atoms with E-state index in [1.165, 1.54) is 12.8 Å². The molecule has 0 saturated carbocycles. The summed E-state index contributed by atoms with van der Waals surface area (Å²) >= 11 is 0. The van der Waals surface area contributed by atoms with Gasteiger partial charge in [-0.1, -0.05) is 33.6 Å². The van der Waals surface area contributed by atoms with Gasteiger partial charge >= 0.3 is 0 Å². The van der Waals surface area contributed by atoms with Gasteiger partial charge in [-0.3, -0.25) is 0 Å². The van der Waals surface area contributed by atoms with Crippen molar-refractivity contribution < 1.29 is 0 Å². The van der Waals surface area contributed by atoms with E-state index >= 15 is 0 Å².